The Morgan fingerprint density at radius 1 is 1.38 bits per heavy atom. The van der Waals surface area contributed by atoms with Gasteiger partial charge in [-0.1, -0.05) is 12.1 Å². The van der Waals surface area contributed by atoms with Crippen LogP contribution in [0.15, 0.2) is 47.5 Å². The molecule has 0 aliphatic carbocycles. The summed E-state index contributed by atoms with van der Waals surface area (Å²) in [7, 11) is 0. The van der Waals surface area contributed by atoms with E-state index in [1.807, 2.05) is 35.2 Å². The summed E-state index contributed by atoms with van der Waals surface area (Å²) in [5.41, 5.74) is 3.76. The number of hydrogen-bond donors (Lipinski definition) is 1. The molecule has 0 unspecified atom stereocenters. The molecule has 21 heavy (non-hydrogen) atoms. The standard InChI is InChI=1S/C16H18N2O2S/c1-2-7-16(20-10-13-11-21-12-18-13)15(6-1)17-9-14-5-3-4-8-19-14/h1-2,4,6-8,11-12,14,17H,3,5,9-10H2/t14-/m0/s1. The minimum Gasteiger partial charge on any atom is -0.497 e. The van der Waals surface area contributed by atoms with Crippen LogP contribution in [0, 0.1) is 0 Å². The zero-order valence-corrected chi connectivity index (χ0v) is 12.5. The molecule has 0 radical (unpaired) electrons. The lowest BCUT2D eigenvalue weighted by molar-refractivity contribution is 0.135. The number of nitrogens with one attached hydrogen (secondary N) is 1. The number of benzene rings is 1. The van der Waals surface area contributed by atoms with Gasteiger partial charge in [0, 0.05) is 5.38 Å². The Balaban J connectivity index is 1.58. The molecule has 2 heterocycles. The third-order valence-electron chi connectivity index (χ3n) is 3.29. The Morgan fingerprint density at radius 2 is 2.33 bits per heavy atom. The fraction of sp³-hybridized carbons (Fsp3) is 0.312. The summed E-state index contributed by atoms with van der Waals surface area (Å²) in [4.78, 5) is 4.23. The Hall–Kier alpha value is -2.01. The highest BCUT2D eigenvalue weighted by Crippen LogP contribution is 2.25. The van der Waals surface area contributed by atoms with Crippen molar-refractivity contribution in [3.63, 3.8) is 0 Å². The second-order valence-electron chi connectivity index (χ2n) is 4.85. The number of para-hydroxylation sites is 2. The first kappa shape index (κ1) is 13.9. The molecule has 1 aromatic heterocycles. The number of allylic oxidation sites excluding steroid dienone is 1. The van der Waals surface area contributed by atoms with Crippen molar-refractivity contribution in [2.24, 2.45) is 0 Å². The van der Waals surface area contributed by atoms with E-state index in [9.17, 15) is 0 Å². The van der Waals surface area contributed by atoms with Crippen molar-refractivity contribution in [2.75, 3.05) is 11.9 Å². The first-order chi connectivity index (χ1) is 10.4. The predicted octanol–water partition coefficient (Wildman–Crippen LogP) is 3.83. The van der Waals surface area contributed by atoms with Crippen molar-refractivity contribution in [1.82, 2.24) is 4.98 Å². The molecule has 0 amide bonds. The molecule has 1 aromatic carbocycles. The molecule has 0 saturated carbocycles. The summed E-state index contributed by atoms with van der Waals surface area (Å²) in [5, 5.41) is 5.41. The number of anilines is 1. The van der Waals surface area contributed by atoms with Gasteiger partial charge < -0.3 is 14.8 Å². The molecule has 1 N–H and O–H groups in total. The minimum atomic E-state index is 0.224. The molecule has 0 fully saturated rings. The van der Waals surface area contributed by atoms with Crippen LogP contribution in [0.2, 0.25) is 0 Å². The van der Waals surface area contributed by atoms with Crippen LogP contribution in [0.1, 0.15) is 18.5 Å². The van der Waals surface area contributed by atoms with Crippen molar-refractivity contribution >= 4 is 17.0 Å². The Kier molecular flexibility index (Phi) is 4.74. The lowest BCUT2D eigenvalue weighted by atomic mass is 10.1. The summed E-state index contributed by atoms with van der Waals surface area (Å²) >= 11 is 1.58. The highest BCUT2D eigenvalue weighted by molar-refractivity contribution is 7.07. The molecular formula is C16H18N2O2S. The van der Waals surface area contributed by atoms with E-state index in [0.29, 0.717) is 6.61 Å². The zero-order chi connectivity index (χ0) is 14.3. The summed E-state index contributed by atoms with van der Waals surface area (Å²) in [5.74, 6) is 0.844. The highest BCUT2D eigenvalue weighted by Gasteiger charge is 2.12. The average Bonchev–Trinajstić information content (AvgIpc) is 3.06. The van der Waals surface area contributed by atoms with Crippen molar-refractivity contribution in [3.8, 4) is 5.75 Å². The maximum absolute atomic E-state index is 5.85. The largest absolute Gasteiger partial charge is 0.497 e. The lowest BCUT2D eigenvalue weighted by Gasteiger charge is -2.21. The maximum Gasteiger partial charge on any atom is 0.142 e. The van der Waals surface area contributed by atoms with Crippen LogP contribution in [-0.2, 0) is 11.3 Å². The predicted molar refractivity (Wildman–Crippen MR) is 84.6 cm³/mol. The van der Waals surface area contributed by atoms with Gasteiger partial charge in [0.15, 0.2) is 0 Å². The van der Waals surface area contributed by atoms with E-state index in [0.717, 1.165) is 36.5 Å². The van der Waals surface area contributed by atoms with Gasteiger partial charge in [-0.15, -0.1) is 11.3 Å². The molecule has 1 aliphatic rings. The van der Waals surface area contributed by atoms with Gasteiger partial charge in [-0.25, -0.2) is 4.98 Å². The normalized spacial score (nSPS) is 17.2. The fourth-order valence-corrected chi connectivity index (χ4v) is 2.70. The molecular weight excluding hydrogens is 284 g/mol. The number of ether oxygens (including phenoxy) is 2. The van der Waals surface area contributed by atoms with Gasteiger partial charge >= 0.3 is 0 Å². The van der Waals surface area contributed by atoms with Crippen molar-refractivity contribution in [3.05, 3.63) is 53.2 Å². The number of nitrogens with zero attached hydrogens (tertiary/aromatic N) is 1. The van der Waals surface area contributed by atoms with Gasteiger partial charge in [0.25, 0.3) is 0 Å². The number of rotatable bonds is 6. The van der Waals surface area contributed by atoms with Crippen molar-refractivity contribution < 1.29 is 9.47 Å². The molecule has 4 nitrogen and oxygen atoms in total. The van der Waals surface area contributed by atoms with Crippen molar-refractivity contribution in [2.45, 2.75) is 25.6 Å². The molecule has 0 bridgehead atoms. The molecule has 1 aliphatic heterocycles. The molecule has 0 saturated heterocycles. The molecule has 110 valence electrons. The van der Waals surface area contributed by atoms with E-state index in [-0.39, 0.29) is 6.10 Å². The molecule has 1 atom stereocenters. The molecule has 5 heteroatoms. The topological polar surface area (TPSA) is 43.4 Å². The number of aromatic nitrogens is 1. The Bertz CT molecular complexity index is 584. The summed E-state index contributed by atoms with van der Waals surface area (Å²) in [6, 6.07) is 7.96. The third kappa shape index (κ3) is 3.98. The molecule has 2 aromatic rings. The SMILES string of the molecule is C1=CO[C@H](CNc2ccccc2OCc2cscn2)CC1. The van der Waals surface area contributed by atoms with Gasteiger partial charge in [0.2, 0.25) is 0 Å². The number of hydrogen-bond acceptors (Lipinski definition) is 5. The zero-order valence-electron chi connectivity index (χ0n) is 11.7. The monoisotopic (exact) mass is 302 g/mol. The summed E-state index contributed by atoms with van der Waals surface area (Å²) in [6.45, 7) is 1.27. The maximum atomic E-state index is 5.85. The fourth-order valence-electron chi connectivity index (χ4n) is 2.16. The van der Waals surface area contributed by atoms with Gasteiger partial charge in [-0.05, 0) is 31.1 Å². The van der Waals surface area contributed by atoms with Crippen LogP contribution in [-0.4, -0.2) is 17.6 Å². The summed E-state index contributed by atoms with van der Waals surface area (Å²) < 4.78 is 11.4. The minimum absolute atomic E-state index is 0.224. The van der Waals surface area contributed by atoms with Crippen LogP contribution >= 0.6 is 11.3 Å². The van der Waals surface area contributed by atoms with E-state index in [1.54, 1.807) is 17.6 Å². The first-order valence-electron chi connectivity index (χ1n) is 7.05. The number of thiazole rings is 1. The summed E-state index contributed by atoms with van der Waals surface area (Å²) in [6.07, 6.45) is 6.20. The first-order valence-corrected chi connectivity index (χ1v) is 7.99. The van der Waals surface area contributed by atoms with Gasteiger partial charge in [0.1, 0.15) is 18.5 Å². The Morgan fingerprint density at radius 3 is 3.14 bits per heavy atom. The van der Waals surface area contributed by atoms with Gasteiger partial charge in [-0.2, -0.15) is 0 Å². The van der Waals surface area contributed by atoms with Crippen LogP contribution in [0.3, 0.4) is 0 Å². The van der Waals surface area contributed by atoms with E-state index in [2.05, 4.69) is 16.4 Å². The van der Waals surface area contributed by atoms with Gasteiger partial charge in [-0.3, -0.25) is 0 Å². The smallest absolute Gasteiger partial charge is 0.142 e. The van der Waals surface area contributed by atoms with E-state index < -0.39 is 0 Å². The highest BCUT2D eigenvalue weighted by atomic mass is 32.1. The molecule has 0 spiro atoms. The van der Waals surface area contributed by atoms with E-state index in [1.165, 1.54) is 0 Å². The van der Waals surface area contributed by atoms with Crippen LogP contribution < -0.4 is 10.1 Å². The Labute approximate surface area is 128 Å². The average molecular weight is 302 g/mol. The van der Waals surface area contributed by atoms with Crippen LogP contribution in [0.25, 0.3) is 0 Å². The lowest BCUT2D eigenvalue weighted by Crippen LogP contribution is -2.23. The second-order valence-corrected chi connectivity index (χ2v) is 5.57. The van der Waals surface area contributed by atoms with E-state index in [4.69, 9.17) is 9.47 Å². The molecule has 3 rings (SSSR count). The quantitative estimate of drug-likeness (QED) is 0.881. The second kappa shape index (κ2) is 7.13. The third-order valence-corrected chi connectivity index (χ3v) is 3.92. The van der Waals surface area contributed by atoms with Crippen LogP contribution in [0.5, 0.6) is 5.75 Å². The van der Waals surface area contributed by atoms with Crippen molar-refractivity contribution in [1.29, 1.82) is 0 Å². The van der Waals surface area contributed by atoms with Crippen LogP contribution in [0.4, 0.5) is 5.69 Å². The van der Waals surface area contributed by atoms with E-state index >= 15 is 0 Å². The van der Waals surface area contributed by atoms with Gasteiger partial charge in [0.05, 0.1) is 29.7 Å².